The van der Waals surface area contributed by atoms with Crippen molar-refractivity contribution in [3.8, 4) is 0 Å². The zero-order valence-corrected chi connectivity index (χ0v) is 15.6. The van der Waals surface area contributed by atoms with Crippen LogP contribution in [0.1, 0.15) is 50.5 Å². The van der Waals surface area contributed by atoms with Gasteiger partial charge in [0.1, 0.15) is 5.01 Å². The van der Waals surface area contributed by atoms with Crippen LogP contribution in [0, 0.1) is 0 Å². The summed E-state index contributed by atoms with van der Waals surface area (Å²) in [6.07, 6.45) is 6.00. The Bertz CT molecular complexity index is 697. The van der Waals surface area contributed by atoms with Crippen LogP contribution in [0.5, 0.6) is 0 Å². The van der Waals surface area contributed by atoms with Gasteiger partial charge in [-0.1, -0.05) is 31.1 Å². The van der Waals surface area contributed by atoms with E-state index in [1.165, 1.54) is 11.3 Å². The first kappa shape index (κ1) is 17.6. The van der Waals surface area contributed by atoms with Gasteiger partial charge in [-0.2, -0.15) is 0 Å². The number of hydrogen-bond donors (Lipinski definition) is 1. The molecule has 1 N–H and O–H groups in total. The topological polar surface area (TPSA) is 92.3 Å². The maximum Gasteiger partial charge on any atom is 0.323 e. The van der Waals surface area contributed by atoms with Crippen molar-refractivity contribution in [1.82, 2.24) is 15.1 Å². The van der Waals surface area contributed by atoms with Gasteiger partial charge in [-0.25, -0.2) is 13.2 Å². The molecular formula is C15H24N4O3S2. The number of amides is 2. The predicted octanol–water partition coefficient (Wildman–Crippen LogP) is 2.46. The SMILES string of the molecule is CCCCc1nnc(NC(=O)N2CCC3(CCC3)S(=O)(=O)CC2)s1. The maximum atomic E-state index is 12.5. The fourth-order valence-electron chi connectivity index (χ4n) is 3.29. The van der Waals surface area contributed by atoms with Crippen LogP contribution in [0.25, 0.3) is 0 Å². The maximum absolute atomic E-state index is 12.5. The number of aryl methyl sites for hydroxylation is 1. The number of anilines is 1. The molecule has 2 aliphatic rings. The molecule has 1 saturated heterocycles. The molecule has 2 fully saturated rings. The van der Waals surface area contributed by atoms with Crippen molar-refractivity contribution in [2.24, 2.45) is 0 Å². The highest BCUT2D eigenvalue weighted by Gasteiger charge is 2.49. The summed E-state index contributed by atoms with van der Waals surface area (Å²) < 4.78 is 24.3. The molecule has 0 aromatic carbocycles. The number of carbonyl (C=O) groups is 1. The van der Waals surface area contributed by atoms with Gasteiger partial charge < -0.3 is 4.90 Å². The first-order chi connectivity index (χ1) is 11.5. The minimum Gasteiger partial charge on any atom is -0.323 e. The van der Waals surface area contributed by atoms with Crippen molar-refractivity contribution in [1.29, 1.82) is 0 Å². The molecule has 0 radical (unpaired) electrons. The standard InChI is InChI=1S/C15H24N4O3S2/c1-2-3-5-12-17-18-13(23-12)16-14(20)19-9-8-15(6-4-7-15)24(21,22)11-10-19/h2-11H2,1H3,(H,16,18,20). The Kier molecular flexibility index (Phi) is 5.10. The summed E-state index contributed by atoms with van der Waals surface area (Å²) in [5.41, 5.74) is 0. The molecule has 3 rings (SSSR count). The van der Waals surface area contributed by atoms with E-state index >= 15 is 0 Å². The van der Waals surface area contributed by atoms with E-state index in [0.717, 1.165) is 43.5 Å². The average Bonchev–Trinajstić information content (AvgIpc) is 2.87. The van der Waals surface area contributed by atoms with Crippen LogP contribution in [0.15, 0.2) is 0 Å². The Morgan fingerprint density at radius 1 is 1.29 bits per heavy atom. The molecule has 134 valence electrons. The van der Waals surface area contributed by atoms with E-state index in [9.17, 15) is 13.2 Å². The van der Waals surface area contributed by atoms with Crippen LogP contribution in [-0.4, -0.2) is 53.1 Å². The molecule has 2 amide bonds. The van der Waals surface area contributed by atoms with Crippen LogP contribution >= 0.6 is 11.3 Å². The quantitative estimate of drug-likeness (QED) is 0.876. The van der Waals surface area contributed by atoms with Crippen LogP contribution in [0.2, 0.25) is 0 Å². The van der Waals surface area contributed by atoms with Crippen molar-refractivity contribution in [2.45, 2.75) is 56.6 Å². The third kappa shape index (κ3) is 3.42. The summed E-state index contributed by atoms with van der Waals surface area (Å²) in [6.45, 7) is 2.84. The first-order valence-corrected chi connectivity index (χ1v) is 11.0. The molecule has 0 unspecified atom stereocenters. The number of hydrogen-bond acceptors (Lipinski definition) is 6. The van der Waals surface area contributed by atoms with Gasteiger partial charge >= 0.3 is 6.03 Å². The minimum absolute atomic E-state index is 0.0539. The second-order valence-electron chi connectivity index (χ2n) is 6.63. The number of aromatic nitrogens is 2. The van der Waals surface area contributed by atoms with E-state index in [2.05, 4.69) is 22.4 Å². The second kappa shape index (κ2) is 6.95. The second-order valence-corrected chi connectivity index (χ2v) is 10.2. The Hall–Kier alpha value is -1.22. The van der Waals surface area contributed by atoms with E-state index in [4.69, 9.17) is 0 Å². The van der Waals surface area contributed by atoms with E-state index in [0.29, 0.717) is 18.1 Å². The lowest BCUT2D eigenvalue weighted by Crippen LogP contribution is -2.46. The summed E-state index contributed by atoms with van der Waals surface area (Å²) in [6, 6.07) is -0.278. The van der Waals surface area contributed by atoms with Crippen molar-refractivity contribution in [3.63, 3.8) is 0 Å². The van der Waals surface area contributed by atoms with Gasteiger partial charge in [-0.05, 0) is 25.7 Å². The first-order valence-electron chi connectivity index (χ1n) is 8.56. The van der Waals surface area contributed by atoms with Gasteiger partial charge in [0.15, 0.2) is 9.84 Å². The van der Waals surface area contributed by atoms with Crippen LogP contribution in [0.4, 0.5) is 9.93 Å². The van der Waals surface area contributed by atoms with Crippen LogP contribution < -0.4 is 5.32 Å². The van der Waals surface area contributed by atoms with Gasteiger partial charge in [-0.3, -0.25) is 5.32 Å². The van der Waals surface area contributed by atoms with Crippen molar-refractivity contribution in [2.75, 3.05) is 24.2 Å². The Morgan fingerprint density at radius 2 is 2.08 bits per heavy atom. The highest BCUT2D eigenvalue weighted by Crippen LogP contribution is 2.43. The fourth-order valence-corrected chi connectivity index (χ4v) is 6.27. The summed E-state index contributed by atoms with van der Waals surface area (Å²) in [5, 5.41) is 12.2. The normalized spacial score (nSPS) is 22.0. The highest BCUT2D eigenvalue weighted by molar-refractivity contribution is 7.92. The van der Waals surface area contributed by atoms with E-state index in [1.807, 2.05) is 0 Å². The third-order valence-electron chi connectivity index (χ3n) is 5.10. The molecule has 1 aliphatic carbocycles. The van der Waals surface area contributed by atoms with E-state index < -0.39 is 14.6 Å². The Balaban J connectivity index is 1.60. The lowest BCUT2D eigenvalue weighted by atomic mass is 9.81. The smallest absolute Gasteiger partial charge is 0.323 e. The monoisotopic (exact) mass is 372 g/mol. The van der Waals surface area contributed by atoms with Crippen LogP contribution in [-0.2, 0) is 16.3 Å². The Labute approximate surface area is 146 Å². The van der Waals surface area contributed by atoms with Crippen LogP contribution in [0.3, 0.4) is 0 Å². The van der Waals surface area contributed by atoms with E-state index in [1.54, 1.807) is 4.90 Å². The van der Waals surface area contributed by atoms with Gasteiger partial charge in [0.2, 0.25) is 5.13 Å². The number of rotatable bonds is 4. The molecule has 9 heteroatoms. The number of urea groups is 1. The third-order valence-corrected chi connectivity index (χ3v) is 8.65. The number of nitrogens with zero attached hydrogens (tertiary/aromatic N) is 3. The van der Waals surface area contributed by atoms with Crippen molar-refractivity contribution >= 4 is 32.3 Å². The predicted molar refractivity (Wildman–Crippen MR) is 94.1 cm³/mol. The molecular weight excluding hydrogens is 348 g/mol. The number of carbonyl (C=O) groups excluding carboxylic acids is 1. The molecule has 7 nitrogen and oxygen atoms in total. The Morgan fingerprint density at radius 3 is 2.75 bits per heavy atom. The van der Waals surface area contributed by atoms with Crippen molar-refractivity contribution < 1.29 is 13.2 Å². The number of nitrogens with one attached hydrogen (secondary N) is 1. The molecule has 24 heavy (non-hydrogen) atoms. The molecule has 1 aromatic rings. The molecule has 1 aromatic heterocycles. The zero-order valence-electron chi connectivity index (χ0n) is 14.0. The molecule has 0 atom stereocenters. The summed E-state index contributed by atoms with van der Waals surface area (Å²) in [5.74, 6) is 0.0539. The summed E-state index contributed by atoms with van der Waals surface area (Å²) in [7, 11) is -3.12. The summed E-state index contributed by atoms with van der Waals surface area (Å²) in [4.78, 5) is 14.0. The number of sulfone groups is 1. The van der Waals surface area contributed by atoms with E-state index in [-0.39, 0.29) is 18.3 Å². The molecule has 0 bridgehead atoms. The molecule has 2 heterocycles. The zero-order chi connectivity index (χ0) is 17.2. The van der Waals surface area contributed by atoms with Crippen molar-refractivity contribution in [3.05, 3.63) is 5.01 Å². The highest BCUT2D eigenvalue weighted by atomic mass is 32.2. The van der Waals surface area contributed by atoms with Gasteiger partial charge in [0, 0.05) is 19.5 Å². The van der Waals surface area contributed by atoms with Gasteiger partial charge in [0.05, 0.1) is 10.5 Å². The lowest BCUT2D eigenvalue weighted by molar-refractivity contribution is 0.209. The molecule has 1 spiro atoms. The summed E-state index contributed by atoms with van der Waals surface area (Å²) >= 11 is 1.39. The molecule has 1 aliphatic heterocycles. The minimum atomic E-state index is -3.12. The van der Waals surface area contributed by atoms with Gasteiger partial charge in [-0.15, -0.1) is 10.2 Å². The molecule has 1 saturated carbocycles. The number of unbranched alkanes of at least 4 members (excludes halogenated alkanes) is 1. The lowest BCUT2D eigenvalue weighted by Gasteiger charge is -2.39. The average molecular weight is 373 g/mol. The van der Waals surface area contributed by atoms with Gasteiger partial charge in [0.25, 0.3) is 0 Å². The largest absolute Gasteiger partial charge is 0.323 e. The fraction of sp³-hybridized carbons (Fsp3) is 0.800.